The summed E-state index contributed by atoms with van der Waals surface area (Å²) >= 11 is 1.53. The van der Waals surface area contributed by atoms with Crippen molar-refractivity contribution in [3.05, 3.63) is 77.1 Å². The zero-order chi connectivity index (χ0) is 24.8. The van der Waals surface area contributed by atoms with Gasteiger partial charge in [0.25, 0.3) is 5.91 Å². The lowest BCUT2D eigenvalue weighted by Crippen LogP contribution is -2.30. The summed E-state index contributed by atoms with van der Waals surface area (Å²) in [4.78, 5) is 24.1. The minimum absolute atomic E-state index is 0.0564. The standard InChI is InChI=1S/C27H31N5O2S/c1-5-31(6-2)26(33)23-16-25(24-18-35-27(30-24)29-21-8-7-14-28-17-21)32(19(23)3)15-13-20-9-11-22(34-4)12-10-20/h7-12,14,16-18H,5-6,13,15H2,1-4H3,(H,29,30). The Morgan fingerprint density at radius 2 is 1.94 bits per heavy atom. The molecular weight excluding hydrogens is 458 g/mol. The van der Waals surface area contributed by atoms with Gasteiger partial charge < -0.3 is 19.5 Å². The highest BCUT2D eigenvalue weighted by Crippen LogP contribution is 2.31. The molecule has 0 fully saturated rings. The molecule has 0 atom stereocenters. The summed E-state index contributed by atoms with van der Waals surface area (Å²) in [5, 5.41) is 6.12. The molecule has 182 valence electrons. The SMILES string of the molecule is CCN(CC)C(=O)c1cc(-c2csc(Nc3cccnc3)n2)n(CCc2ccc(OC)cc2)c1C. The Labute approximate surface area is 210 Å². The van der Waals surface area contributed by atoms with Gasteiger partial charge in [-0.05, 0) is 63.1 Å². The van der Waals surface area contributed by atoms with Crippen LogP contribution in [0, 0.1) is 6.92 Å². The summed E-state index contributed by atoms with van der Waals surface area (Å²) in [5.74, 6) is 0.899. The molecule has 3 heterocycles. The molecule has 0 aliphatic rings. The van der Waals surface area contributed by atoms with E-state index in [0.717, 1.165) is 52.2 Å². The Hall–Kier alpha value is -3.65. The second-order valence-electron chi connectivity index (χ2n) is 8.16. The maximum atomic E-state index is 13.3. The van der Waals surface area contributed by atoms with Crippen molar-refractivity contribution >= 4 is 28.1 Å². The molecule has 0 aliphatic carbocycles. The van der Waals surface area contributed by atoms with E-state index in [2.05, 4.69) is 27.0 Å². The van der Waals surface area contributed by atoms with E-state index in [0.29, 0.717) is 13.1 Å². The number of thiazole rings is 1. The number of rotatable bonds is 10. The molecule has 4 rings (SSSR count). The highest BCUT2D eigenvalue weighted by Gasteiger charge is 2.22. The third kappa shape index (κ3) is 5.54. The van der Waals surface area contributed by atoms with Gasteiger partial charge in [-0.15, -0.1) is 11.3 Å². The largest absolute Gasteiger partial charge is 0.497 e. The first kappa shape index (κ1) is 24.5. The van der Waals surface area contributed by atoms with Gasteiger partial charge in [0, 0.05) is 36.9 Å². The predicted octanol–water partition coefficient (Wildman–Crippen LogP) is 5.79. The number of nitrogens with zero attached hydrogens (tertiary/aromatic N) is 4. The highest BCUT2D eigenvalue weighted by molar-refractivity contribution is 7.14. The van der Waals surface area contributed by atoms with Crippen LogP contribution in [-0.2, 0) is 13.0 Å². The Balaban J connectivity index is 1.66. The fourth-order valence-electron chi connectivity index (χ4n) is 4.09. The number of hydrogen-bond acceptors (Lipinski definition) is 6. The van der Waals surface area contributed by atoms with E-state index in [4.69, 9.17) is 9.72 Å². The first-order chi connectivity index (χ1) is 17.0. The number of carbonyl (C=O) groups excluding carboxylic acids is 1. The number of benzene rings is 1. The molecule has 7 nitrogen and oxygen atoms in total. The first-order valence-corrected chi connectivity index (χ1v) is 12.7. The van der Waals surface area contributed by atoms with Gasteiger partial charge in [-0.1, -0.05) is 12.1 Å². The van der Waals surface area contributed by atoms with E-state index in [1.165, 1.54) is 16.9 Å². The molecule has 0 unspecified atom stereocenters. The van der Waals surface area contributed by atoms with Crippen molar-refractivity contribution in [2.45, 2.75) is 33.7 Å². The quantitative estimate of drug-likeness (QED) is 0.305. The van der Waals surface area contributed by atoms with E-state index in [9.17, 15) is 4.79 Å². The lowest BCUT2D eigenvalue weighted by atomic mass is 10.1. The van der Waals surface area contributed by atoms with Crippen molar-refractivity contribution in [1.29, 1.82) is 0 Å². The van der Waals surface area contributed by atoms with Gasteiger partial charge >= 0.3 is 0 Å². The monoisotopic (exact) mass is 489 g/mol. The van der Waals surface area contributed by atoms with Crippen LogP contribution in [0.1, 0.15) is 35.5 Å². The molecule has 0 saturated carbocycles. The van der Waals surface area contributed by atoms with Crippen LogP contribution < -0.4 is 10.1 Å². The fourth-order valence-corrected chi connectivity index (χ4v) is 4.81. The van der Waals surface area contributed by atoms with Crippen molar-refractivity contribution in [2.24, 2.45) is 0 Å². The fraction of sp³-hybridized carbons (Fsp3) is 0.296. The second kappa shape index (κ2) is 11.2. The molecule has 0 spiro atoms. The van der Waals surface area contributed by atoms with Crippen LogP contribution in [0.2, 0.25) is 0 Å². The number of nitrogens with one attached hydrogen (secondary N) is 1. The molecule has 0 radical (unpaired) electrons. The van der Waals surface area contributed by atoms with E-state index >= 15 is 0 Å². The van der Waals surface area contributed by atoms with Gasteiger partial charge in [0.15, 0.2) is 5.13 Å². The van der Waals surface area contributed by atoms with Gasteiger partial charge in [-0.3, -0.25) is 9.78 Å². The van der Waals surface area contributed by atoms with E-state index in [1.54, 1.807) is 19.5 Å². The third-order valence-corrected chi connectivity index (χ3v) is 6.87. The molecule has 0 saturated heterocycles. The Morgan fingerprint density at radius 1 is 1.17 bits per heavy atom. The first-order valence-electron chi connectivity index (χ1n) is 11.8. The van der Waals surface area contributed by atoms with Crippen LogP contribution in [0.5, 0.6) is 5.75 Å². The van der Waals surface area contributed by atoms with E-state index < -0.39 is 0 Å². The van der Waals surface area contributed by atoms with Crippen molar-refractivity contribution in [1.82, 2.24) is 19.4 Å². The number of hydrogen-bond donors (Lipinski definition) is 1. The number of carbonyl (C=O) groups is 1. The number of ether oxygens (including phenoxy) is 1. The molecule has 1 amide bonds. The summed E-state index contributed by atoms with van der Waals surface area (Å²) < 4.78 is 7.49. The predicted molar refractivity (Wildman–Crippen MR) is 142 cm³/mol. The third-order valence-electron chi connectivity index (χ3n) is 6.11. The van der Waals surface area contributed by atoms with Crippen molar-refractivity contribution in [3.8, 4) is 17.1 Å². The molecule has 4 aromatic rings. The number of amides is 1. The van der Waals surface area contributed by atoms with Crippen molar-refractivity contribution in [2.75, 3.05) is 25.5 Å². The molecule has 8 heteroatoms. The van der Waals surface area contributed by atoms with Gasteiger partial charge in [-0.2, -0.15) is 0 Å². The molecule has 35 heavy (non-hydrogen) atoms. The van der Waals surface area contributed by atoms with Crippen LogP contribution in [0.25, 0.3) is 11.4 Å². The van der Waals surface area contributed by atoms with Crippen molar-refractivity contribution in [3.63, 3.8) is 0 Å². The maximum absolute atomic E-state index is 13.3. The van der Waals surface area contributed by atoms with Crippen LogP contribution in [0.4, 0.5) is 10.8 Å². The summed E-state index contributed by atoms with van der Waals surface area (Å²) in [6, 6.07) is 13.9. The van der Waals surface area contributed by atoms with E-state index in [-0.39, 0.29) is 5.91 Å². The number of methoxy groups -OCH3 is 1. The number of pyridine rings is 1. The second-order valence-corrected chi connectivity index (χ2v) is 9.02. The smallest absolute Gasteiger partial charge is 0.255 e. The summed E-state index contributed by atoms with van der Waals surface area (Å²) in [5.41, 5.74) is 5.57. The lowest BCUT2D eigenvalue weighted by Gasteiger charge is -2.18. The van der Waals surface area contributed by atoms with Crippen LogP contribution in [0.15, 0.2) is 60.2 Å². The highest BCUT2D eigenvalue weighted by atomic mass is 32.1. The summed E-state index contributed by atoms with van der Waals surface area (Å²) in [7, 11) is 1.67. The minimum Gasteiger partial charge on any atom is -0.497 e. The number of aryl methyl sites for hydroxylation is 1. The van der Waals surface area contributed by atoms with Crippen LogP contribution >= 0.6 is 11.3 Å². The van der Waals surface area contributed by atoms with Crippen LogP contribution in [-0.4, -0.2) is 45.5 Å². The lowest BCUT2D eigenvalue weighted by molar-refractivity contribution is 0.0772. The van der Waals surface area contributed by atoms with Crippen LogP contribution in [0.3, 0.4) is 0 Å². The van der Waals surface area contributed by atoms with Gasteiger partial charge in [-0.25, -0.2) is 4.98 Å². The Bertz CT molecular complexity index is 1260. The normalized spacial score (nSPS) is 10.9. The zero-order valence-corrected chi connectivity index (χ0v) is 21.4. The average Bonchev–Trinajstić information content (AvgIpc) is 3.48. The van der Waals surface area contributed by atoms with Gasteiger partial charge in [0.1, 0.15) is 5.75 Å². The Morgan fingerprint density at radius 3 is 2.60 bits per heavy atom. The minimum atomic E-state index is 0.0564. The molecule has 0 aliphatic heterocycles. The number of anilines is 2. The molecule has 3 aromatic heterocycles. The van der Waals surface area contributed by atoms with Gasteiger partial charge in [0.05, 0.1) is 35.9 Å². The molecule has 0 bridgehead atoms. The summed E-state index contributed by atoms with van der Waals surface area (Å²) in [6.07, 6.45) is 4.34. The van der Waals surface area contributed by atoms with E-state index in [1.807, 2.05) is 61.4 Å². The number of aromatic nitrogens is 3. The average molecular weight is 490 g/mol. The summed E-state index contributed by atoms with van der Waals surface area (Å²) in [6.45, 7) is 8.13. The molecule has 1 N–H and O–H groups in total. The molecule has 1 aromatic carbocycles. The van der Waals surface area contributed by atoms with Crippen molar-refractivity contribution < 1.29 is 9.53 Å². The van der Waals surface area contributed by atoms with Gasteiger partial charge in [0.2, 0.25) is 0 Å². The maximum Gasteiger partial charge on any atom is 0.255 e. The molecular formula is C27H31N5O2S. The topological polar surface area (TPSA) is 72.3 Å². The Kier molecular flexibility index (Phi) is 7.82. The zero-order valence-electron chi connectivity index (χ0n) is 20.6.